The van der Waals surface area contributed by atoms with Gasteiger partial charge in [0.1, 0.15) is 29.3 Å². The average Bonchev–Trinajstić information content (AvgIpc) is 3.28. The fourth-order valence-electron chi connectivity index (χ4n) is 4.46. The van der Waals surface area contributed by atoms with Crippen LogP contribution in [0.4, 0.5) is 17.6 Å². The minimum absolute atomic E-state index is 0.0196. The summed E-state index contributed by atoms with van der Waals surface area (Å²) in [5.41, 5.74) is -0.112. The number of amides is 2. The zero-order valence-electron chi connectivity index (χ0n) is 20.9. The lowest BCUT2D eigenvalue weighted by molar-refractivity contribution is -0.265. The quantitative estimate of drug-likeness (QED) is 0.312. The maximum atomic E-state index is 14.5. The molecule has 12 heteroatoms. The highest BCUT2D eigenvalue weighted by Gasteiger charge is 2.57. The van der Waals surface area contributed by atoms with Crippen LogP contribution in [-0.4, -0.2) is 46.2 Å². The number of carbonyl (C=O) groups excluding carboxylic acids is 2. The number of aromatic nitrogens is 2. The fraction of sp³-hybridized carbons (Fsp3) is 0.214. The van der Waals surface area contributed by atoms with E-state index in [1.165, 1.54) is 37.4 Å². The van der Waals surface area contributed by atoms with Gasteiger partial charge in [-0.3, -0.25) is 14.6 Å². The first kappa shape index (κ1) is 27.0. The van der Waals surface area contributed by atoms with Crippen molar-refractivity contribution in [1.82, 2.24) is 15.3 Å². The van der Waals surface area contributed by atoms with Crippen LogP contribution in [0, 0.1) is 5.82 Å². The van der Waals surface area contributed by atoms with Crippen molar-refractivity contribution < 1.29 is 37.0 Å². The highest BCUT2D eigenvalue weighted by atomic mass is 19.4. The van der Waals surface area contributed by atoms with E-state index in [-0.39, 0.29) is 34.7 Å². The van der Waals surface area contributed by atoms with Gasteiger partial charge in [0.25, 0.3) is 5.91 Å². The van der Waals surface area contributed by atoms with Crippen LogP contribution >= 0.6 is 0 Å². The molecule has 2 amide bonds. The smallest absolute Gasteiger partial charge is 0.424 e. The Labute approximate surface area is 224 Å². The second-order valence-corrected chi connectivity index (χ2v) is 9.68. The van der Waals surface area contributed by atoms with Crippen molar-refractivity contribution in [2.75, 3.05) is 13.2 Å². The third-order valence-corrected chi connectivity index (χ3v) is 7.00. The molecule has 0 radical (unpaired) electrons. The summed E-state index contributed by atoms with van der Waals surface area (Å²) in [6.45, 7) is -0.200. The largest absolute Gasteiger partial charge is 0.489 e. The zero-order valence-corrected chi connectivity index (χ0v) is 20.9. The number of fused-ring (bicyclic) bond motifs is 2. The third-order valence-electron chi connectivity index (χ3n) is 7.00. The maximum absolute atomic E-state index is 14.5. The number of nitrogens with zero attached hydrogens (tertiary/aromatic N) is 2. The van der Waals surface area contributed by atoms with Gasteiger partial charge in [-0.05, 0) is 55.5 Å². The lowest BCUT2D eigenvalue weighted by atomic mass is 9.81. The SMILES string of the molecule is C[C@]1(C(N)=O)COc2c1cc(C(O)(CNC(=O)c1ccc3cccnc3c1)C(F)(F)F)nc2-c1ccc(F)cc1. The summed E-state index contributed by atoms with van der Waals surface area (Å²) in [7, 11) is 0. The molecule has 0 bridgehead atoms. The number of ether oxygens (including phenoxy) is 1. The molecule has 2 aromatic carbocycles. The molecule has 3 heterocycles. The molecule has 40 heavy (non-hydrogen) atoms. The van der Waals surface area contributed by atoms with Crippen molar-refractivity contribution in [3.05, 3.63) is 89.5 Å². The molecule has 0 spiro atoms. The highest BCUT2D eigenvalue weighted by Crippen LogP contribution is 2.47. The van der Waals surface area contributed by atoms with Crippen molar-refractivity contribution in [1.29, 1.82) is 0 Å². The van der Waals surface area contributed by atoms with Crippen molar-refractivity contribution in [2.24, 2.45) is 5.73 Å². The number of halogens is 4. The first-order valence-corrected chi connectivity index (χ1v) is 12.0. The van der Waals surface area contributed by atoms with Gasteiger partial charge in [-0.15, -0.1) is 0 Å². The number of aliphatic hydroxyl groups is 1. The summed E-state index contributed by atoms with van der Waals surface area (Å²) >= 11 is 0. The Hall–Kier alpha value is -4.58. The summed E-state index contributed by atoms with van der Waals surface area (Å²) < 4.78 is 62.8. The van der Waals surface area contributed by atoms with Gasteiger partial charge in [0.15, 0.2) is 0 Å². The van der Waals surface area contributed by atoms with E-state index in [2.05, 4.69) is 15.3 Å². The van der Waals surface area contributed by atoms with E-state index in [0.717, 1.165) is 23.6 Å². The number of primary amides is 1. The molecule has 0 aliphatic carbocycles. The van der Waals surface area contributed by atoms with Crippen LogP contribution in [0.15, 0.2) is 66.9 Å². The number of nitrogens with one attached hydrogen (secondary N) is 1. The Balaban J connectivity index is 1.58. The Morgan fingerprint density at radius 1 is 1.12 bits per heavy atom. The van der Waals surface area contributed by atoms with Crippen LogP contribution in [0.5, 0.6) is 5.75 Å². The van der Waals surface area contributed by atoms with Gasteiger partial charge < -0.3 is 20.9 Å². The number of hydrogen-bond donors (Lipinski definition) is 3. The first-order chi connectivity index (χ1) is 18.8. The standard InChI is InChI=1S/C28H22F4N4O4/c1-26(25(33)38)14-40-23-19(26)12-21(36-22(23)16-6-8-18(29)9-7-16)27(39,28(30,31)32)13-35-24(37)17-5-4-15-3-2-10-34-20(15)11-17/h2-12,39H,13-14H2,1H3,(H2,33,38)(H,35,37)/t26-,27?/m0/s1. The minimum atomic E-state index is -5.32. The van der Waals surface area contributed by atoms with Crippen LogP contribution in [0.2, 0.25) is 0 Å². The van der Waals surface area contributed by atoms with Gasteiger partial charge in [0.05, 0.1) is 17.8 Å². The Bertz CT molecular complexity index is 1640. The molecule has 1 aliphatic heterocycles. The van der Waals surface area contributed by atoms with E-state index in [0.29, 0.717) is 5.52 Å². The molecule has 5 rings (SSSR count). The predicted octanol–water partition coefficient (Wildman–Crippen LogP) is 3.75. The second-order valence-electron chi connectivity index (χ2n) is 9.68. The van der Waals surface area contributed by atoms with E-state index in [1.54, 1.807) is 18.2 Å². The van der Waals surface area contributed by atoms with E-state index in [9.17, 15) is 32.3 Å². The number of carbonyl (C=O) groups is 2. The lowest BCUT2D eigenvalue weighted by Crippen LogP contribution is -2.51. The van der Waals surface area contributed by atoms with Gasteiger partial charge in [-0.2, -0.15) is 13.2 Å². The van der Waals surface area contributed by atoms with E-state index in [1.807, 2.05) is 0 Å². The maximum Gasteiger partial charge on any atom is 0.424 e. The molecule has 206 valence electrons. The number of pyridine rings is 2. The number of nitrogens with two attached hydrogens (primary N) is 1. The van der Waals surface area contributed by atoms with Crippen molar-refractivity contribution in [2.45, 2.75) is 24.1 Å². The van der Waals surface area contributed by atoms with Gasteiger partial charge in [-0.25, -0.2) is 9.37 Å². The molecule has 1 aliphatic rings. The molecule has 1 unspecified atom stereocenters. The lowest BCUT2D eigenvalue weighted by Gasteiger charge is -2.31. The van der Waals surface area contributed by atoms with Crippen LogP contribution in [0.25, 0.3) is 22.2 Å². The number of rotatable bonds is 6. The Morgan fingerprint density at radius 3 is 2.52 bits per heavy atom. The molecule has 4 aromatic rings. The van der Waals surface area contributed by atoms with Crippen LogP contribution in [-0.2, 0) is 15.8 Å². The molecule has 4 N–H and O–H groups in total. The molecule has 0 fully saturated rings. The number of alkyl halides is 3. The Kier molecular flexibility index (Phi) is 6.45. The van der Waals surface area contributed by atoms with Gasteiger partial charge in [-0.1, -0.05) is 12.1 Å². The van der Waals surface area contributed by atoms with Crippen LogP contribution < -0.4 is 15.8 Å². The van der Waals surface area contributed by atoms with E-state index < -0.39 is 47.1 Å². The van der Waals surface area contributed by atoms with Crippen molar-refractivity contribution in [3.63, 3.8) is 0 Å². The normalized spacial score (nSPS) is 18.1. The van der Waals surface area contributed by atoms with Gasteiger partial charge in [0, 0.05) is 28.3 Å². The molecule has 2 atom stereocenters. The number of benzene rings is 2. The van der Waals surface area contributed by atoms with E-state index in [4.69, 9.17) is 10.5 Å². The minimum Gasteiger partial charge on any atom is -0.489 e. The zero-order chi connectivity index (χ0) is 28.9. The fourth-order valence-corrected chi connectivity index (χ4v) is 4.46. The average molecular weight is 555 g/mol. The molecular formula is C28H22F4N4O4. The topological polar surface area (TPSA) is 127 Å². The molecule has 0 saturated heterocycles. The van der Waals surface area contributed by atoms with Gasteiger partial charge in [0.2, 0.25) is 11.5 Å². The van der Waals surface area contributed by atoms with E-state index >= 15 is 0 Å². The molecule has 0 saturated carbocycles. The summed E-state index contributed by atoms with van der Waals surface area (Å²) in [5.74, 6) is -2.38. The summed E-state index contributed by atoms with van der Waals surface area (Å²) in [6.07, 6.45) is -3.82. The third kappa shape index (κ3) is 4.49. The van der Waals surface area contributed by atoms with Crippen LogP contribution in [0.3, 0.4) is 0 Å². The van der Waals surface area contributed by atoms with Crippen molar-refractivity contribution >= 4 is 22.7 Å². The highest BCUT2D eigenvalue weighted by molar-refractivity contribution is 5.97. The summed E-state index contributed by atoms with van der Waals surface area (Å²) in [5, 5.41) is 14.0. The number of hydrogen-bond acceptors (Lipinski definition) is 6. The molecule has 8 nitrogen and oxygen atoms in total. The second kappa shape index (κ2) is 9.56. The van der Waals surface area contributed by atoms with Crippen molar-refractivity contribution in [3.8, 4) is 17.0 Å². The molecular weight excluding hydrogens is 532 g/mol. The summed E-state index contributed by atoms with van der Waals surface area (Å²) in [6, 6.07) is 13.5. The predicted molar refractivity (Wildman–Crippen MR) is 136 cm³/mol. The first-order valence-electron chi connectivity index (χ1n) is 12.0. The monoisotopic (exact) mass is 554 g/mol. The molecule has 2 aromatic heterocycles. The van der Waals surface area contributed by atoms with Crippen LogP contribution in [0.1, 0.15) is 28.5 Å². The Morgan fingerprint density at radius 2 is 1.85 bits per heavy atom. The summed E-state index contributed by atoms with van der Waals surface area (Å²) in [4.78, 5) is 33.4. The van der Waals surface area contributed by atoms with Gasteiger partial charge >= 0.3 is 6.18 Å².